The molecule has 22 heavy (non-hydrogen) atoms. The molecule has 2 aromatic heterocycles. The van der Waals surface area contributed by atoms with Crippen molar-refractivity contribution in [1.82, 2.24) is 24.4 Å². The van der Waals surface area contributed by atoms with E-state index in [1.807, 2.05) is 24.9 Å². The van der Waals surface area contributed by atoms with Crippen LogP contribution >= 0.6 is 0 Å². The summed E-state index contributed by atoms with van der Waals surface area (Å²) in [5.41, 5.74) is 1.50. The van der Waals surface area contributed by atoms with Crippen LogP contribution in [0.25, 0.3) is 5.95 Å². The Morgan fingerprint density at radius 2 is 2.18 bits per heavy atom. The Morgan fingerprint density at radius 1 is 1.41 bits per heavy atom. The van der Waals surface area contributed by atoms with Gasteiger partial charge in [-0.25, -0.2) is 15.0 Å². The Labute approximate surface area is 140 Å². The van der Waals surface area contributed by atoms with Crippen LogP contribution in [0.2, 0.25) is 0 Å². The molecular formula is C14H16LiN5O2. The van der Waals surface area contributed by atoms with Gasteiger partial charge in [-0.2, -0.15) is 0 Å². The van der Waals surface area contributed by atoms with E-state index in [1.54, 1.807) is 23.3 Å². The molecule has 0 saturated carbocycles. The molecule has 3 heterocycles. The van der Waals surface area contributed by atoms with Crippen molar-refractivity contribution in [2.45, 2.75) is 19.4 Å². The second kappa shape index (κ2) is 6.61. The Kier molecular flexibility index (Phi) is 5.01. The van der Waals surface area contributed by atoms with Gasteiger partial charge >= 0.3 is 18.9 Å². The Morgan fingerprint density at radius 3 is 2.82 bits per heavy atom. The smallest absolute Gasteiger partial charge is 0.550 e. The van der Waals surface area contributed by atoms with E-state index >= 15 is 0 Å². The Bertz CT molecular complexity index is 661. The fourth-order valence-electron chi connectivity index (χ4n) is 2.85. The summed E-state index contributed by atoms with van der Waals surface area (Å²) in [5, 5.41) is 11.3. The van der Waals surface area contributed by atoms with Crippen molar-refractivity contribution in [1.29, 1.82) is 0 Å². The van der Waals surface area contributed by atoms with Crippen molar-refractivity contribution in [2.24, 2.45) is 5.92 Å². The number of hydrogen-bond donors (Lipinski definition) is 0. The summed E-state index contributed by atoms with van der Waals surface area (Å²) >= 11 is 0. The maximum absolute atomic E-state index is 11.3. The average Bonchev–Trinajstić information content (AvgIpc) is 3.06. The van der Waals surface area contributed by atoms with Gasteiger partial charge in [-0.1, -0.05) is 0 Å². The van der Waals surface area contributed by atoms with Crippen LogP contribution in [-0.2, 0) is 4.79 Å². The molecule has 0 spiro atoms. The predicted molar refractivity (Wildman–Crippen MR) is 72.4 cm³/mol. The summed E-state index contributed by atoms with van der Waals surface area (Å²) in [7, 11) is 1.90. The molecular weight excluding hydrogens is 277 g/mol. The number of aliphatic carboxylic acids is 1. The molecule has 2 unspecified atom stereocenters. The molecule has 8 heteroatoms. The molecule has 0 radical (unpaired) electrons. The number of likely N-dealkylation sites (tertiary alicyclic amines) is 1. The van der Waals surface area contributed by atoms with Crippen LogP contribution in [0.15, 0.2) is 24.8 Å². The number of carboxylic acid groups (broad SMARTS) is 1. The normalized spacial score (nSPS) is 21.5. The third-order valence-electron chi connectivity index (χ3n) is 3.85. The number of carbonyl (C=O) groups excluding carboxylic acids is 1. The van der Waals surface area contributed by atoms with Crippen LogP contribution in [0.4, 0.5) is 0 Å². The van der Waals surface area contributed by atoms with Crippen molar-refractivity contribution in [2.75, 3.05) is 13.6 Å². The number of imidazole rings is 1. The number of aryl methyl sites for hydroxylation is 1. The molecule has 0 aliphatic carbocycles. The molecule has 1 aliphatic rings. The van der Waals surface area contributed by atoms with E-state index in [4.69, 9.17) is 0 Å². The molecule has 2 atom stereocenters. The van der Waals surface area contributed by atoms with E-state index in [1.165, 1.54) is 0 Å². The summed E-state index contributed by atoms with van der Waals surface area (Å²) in [6, 6.07) is 1.56. The molecule has 0 aromatic carbocycles. The van der Waals surface area contributed by atoms with Crippen molar-refractivity contribution in [3.63, 3.8) is 0 Å². The molecule has 7 nitrogen and oxygen atoms in total. The molecule has 1 fully saturated rings. The summed E-state index contributed by atoms with van der Waals surface area (Å²) in [4.78, 5) is 26.2. The van der Waals surface area contributed by atoms with Gasteiger partial charge in [-0.05, 0) is 33.0 Å². The number of aromatic nitrogens is 4. The Balaban J connectivity index is 0.00000176. The number of carboxylic acids is 1. The monoisotopic (exact) mass is 293 g/mol. The largest absolute Gasteiger partial charge is 1.00 e. The molecule has 0 amide bonds. The van der Waals surface area contributed by atoms with Gasteiger partial charge in [-0.3, -0.25) is 9.47 Å². The Hall–Kier alpha value is -1.68. The number of hydrogen-bond acceptors (Lipinski definition) is 6. The van der Waals surface area contributed by atoms with E-state index in [0.717, 1.165) is 5.69 Å². The van der Waals surface area contributed by atoms with Gasteiger partial charge in [-0.15, -0.1) is 0 Å². The second-order valence-corrected chi connectivity index (χ2v) is 5.34. The van der Waals surface area contributed by atoms with Crippen LogP contribution in [0, 0.1) is 12.8 Å². The van der Waals surface area contributed by atoms with Crippen molar-refractivity contribution < 1.29 is 28.8 Å². The number of rotatable bonds is 3. The van der Waals surface area contributed by atoms with E-state index in [0.29, 0.717) is 24.6 Å². The van der Waals surface area contributed by atoms with Gasteiger partial charge in [0.05, 0.1) is 11.7 Å². The maximum atomic E-state index is 11.3. The predicted octanol–water partition coefficient (Wildman–Crippen LogP) is -3.28. The fourth-order valence-corrected chi connectivity index (χ4v) is 2.85. The molecule has 1 aliphatic heterocycles. The van der Waals surface area contributed by atoms with E-state index in [2.05, 4.69) is 15.0 Å². The van der Waals surface area contributed by atoms with Gasteiger partial charge < -0.3 is 9.90 Å². The van der Waals surface area contributed by atoms with E-state index < -0.39 is 11.9 Å². The quantitative estimate of drug-likeness (QED) is 0.552. The maximum Gasteiger partial charge on any atom is 1.00 e. The van der Waals surface area contributed by atoms with Crippen LogP contribution in [0.1, 0.15) is 23.9 Å². The minimum absolute atomic E-state index is 0. The van der Waals surface area contributed by atoms with Gasteiger partial charge in [0.25, 0.3) is 0 Å². The first-order valence-electron chi connectivity index (χ1n) is 6.81. The van der Waals surface area contributed by atoms with Crippen molar-refractivity contribution in [3.8, 4) is 5.95 Å². The van der Waals surface area contributed by atoms with E-state index in [-0.39, 0.29) is 24.9 Å². The number of carbonyl (C=O) groups is 1. The molecule has 3 rings (SSSR count). The topological polar surface area (TPSA) is 87.0 Å². The minimum atomic E-state index is -1.02. The standard InChI is InChI=1S/C14H17N5O2.Li/c1-9-7-11(12-10(13(20)21)3-5-18(12)2)17-14(16-9)19-6-4-15-8-19;/h4,6-8,10,12H,3,5H2,1-2H3,(H,20,21);/q;+1/p-1. The van der Waals surface area contributed by atoms with Gasteiger partial charge in [0, 0.05) is 30.0 Å². The first-order valence-corrected chi connectivity index (χ1v) is 6.81. The summed E-state index contributed by atoms with van der Waals surface area (Å²) < 4.78 is 1.71. The molecule has 0 N–H and O–H groups in total. The molecule has 1 saturated heterocycles. The first kappa shape index (κ1) is 16.7. The van der Waals surface area contributed by atoms with Crippen molar-refractivity contribution in [3.05, 3.63) is 36.2 Å². The van der Waals surface area contributed by atoms with Gasteiger partial charge in [0.2, 0.25) is 5.95 Å². The second-order valence-electron chi connectivity index (χ2n) is 5.34. The molecule has 110 valence electrons. The minimum Gasteiger partial charge on any atom is -0.550 e. The zero-order valence-corrected chi connectivity index (χ0v) is 12.9. The summed E-state index contributed by atoms with van der Waals surface area (Å²) in [6.07, 6.45) is 5.60. The number of nitrogens with zero attached hydrogens (tertiary/aromatic N) is 5. The van der Waals surface area contributed by atoms with Gasteiger partial charge in [0.1, 0.15) is 6.33 Å². The molecule has 2 aromatic rings. The third kappa shape index (κ3) is 3.07. The van der Waals surface area contributed by atoms with E-state index in [9.17, 15) is 9.90 Å². The summed E-state index contributed by atoms with van der Waals surface area (Å²) in [6.45, 7) is 2.58. The SMILES string of the molecule is Cc1cc(C2C(C(=O)[O-])CCN2C)nc(-n2ccnc2)n1.[Li+]. The average molecular weight is 293 g/mol. The van der Waals surface area contributed by atoms with Crippen LogP contribution < -0.4 is 24.0 Å². The van der Waals surface area contributed by atoms with Crippen molar-refractivity contribution >= 4 is 5.97 Å². The zero-order valence-electron chi connectivity index (χ0n) is 12.9. The van der Waals surface area contributed by atoms with Crippen LogP contribution in [0.5, 0.6) is 0 Å². The van der Waals surface area contributed by atoms with Crippen LogP contribution in [-0.4, -0.2) is 44.0 Å². The molecule has 0 bridgehead atoms. The first-order chi connectivity index (χ1) is 10.1. The van der Waals surface area contributed by atoms with Crippen LogP contribution in [0.3, 0.4) is 0 Å². The zero-order chi connectivity index (χ0) is 15.0. The fraction of sp³-hybridized carbons (Fsp3) is 0.429. The summed E-state index contributed by atoms with van der Waals surface area (Å²) in [5.74, 6) is -1.07. The third-order valence-corrected chi connectivity index (χ3v) is 3.85. The van der Waals surface area contributed by atoms with Gasteiger partial charge in [0.15, 0.2) is 0 Å².